The van der Waals surface area contributed by atoms with Crippen LogP contribution >= 0.6 is 0 Å². The van der Waals surface area contributed by atoms with Gasteiger partial charge in [0.25, 0.3) is 0 Å². The Morgan fingerprint density at radius 2 is 1.96 bits per heavy atom. The van der Waals surface area contributed by atoms with Gasteiger partial charge in [0, 0.05) is 12.4 Å². The lowest BCUT2D eigenvalue weighted by atomic mass is 9.82. The fraction of sp³-hybridized carbons (Fsp3) is 0.524. The third-order valence-electron chi connectivity index (χ3n) is 4.86. The van der Waals surface area contributed by atoms with Crippen LogP contribution in [0.3, 0.4) is 0 Å². The van der Waals surface area contributed by atoms with Crippen LogP contribution in [0, 0.1) is 5.41 Å². The van der Waals surface area contributed by atoms with Gasteiger partial charge in [-0.05, 0) is 54.9 Å². The molecule has 1 N–H and O–H groups in total. The van der Waals surface area contributed by atoms with Crippen molar-refractivity contribution in [1.29, 1.82) is 0 Å². The van der Waals surface area contributed by atoms with Crippen molar-refractivity contribution < 1.29 is 5.11 Å². The molecule has 25 heavy (non-hydrogen) atoms. The first-order valence-corrected chi connectivity index (χ1v) is 9.02. The number of aromatic nitrogens is 3. The Bertz CT molecular complexity index is 688. The van der Waals surface area contributed by atoms with E-state index < -0.39 is 0 Å². The first kappa shape index (κ1) is 19.4. The van der Waals surface area contributed by atoms with Gasteiger partial charge in [-0.25, -0.2) is 0 Å². The third-order valence-corrected chi connectivity index (χ3v) is 4.86. The van der Waals surface area contributed by atoms with E-state index >= 15 is 0 Å². The van der Waals surface area contributed by atoms with Crippen molar-refractivity contribution in [1.82, 2.24) is 14.8 Å². The van der Waals surface area contributed by atoms with Gasteiger partial charge >= 0.3 is 0 Å². The van der Waals surface area contributed by atoms with Crippen LogP contribution in [0.5, 0.6) is 0 Å². The van der Waals surface area contributed by atoms with Crippen LogP contribution in [-0.2, 0) is 5.54 Å². The Balaban J connectivity index is 2.06. The standard InChI is InChI=1S/C21H31N3O/c1-17(2)18-14-23-24(15-18)21(5,16-25)12-11-20(3,4)10-9-19-8-6-7-13-22-19/h6-10,13-15,17,25H,11-12,16H2,1-5H3/b10-9+. The van der Waals surface area contributed by atoms with Gasteiger partial charge in [0.1, 0.15) is 0 Å². The van der Waals surface area contributed by atoms with Gasteiger partial charge in [-0.3, -0.25) is 9.67 Å². The molecule has 0 amide bonds. The van der Waals surface area contributed by atoms with Gasteiger partial charge in [0.2, 0.25) is 0 Å². The molecule has 0 saturated heterocycles. The fourth-order valence-electron chi connectivity index (χ4n) is 2.66. The largest absolute Gasteiger partial charge is 0.394 e. The van der Waals surface area contributed by atoms with E-state index in [0.717, 1.165) is 18.5 Å². The Hall–Kier alpha value is -1.94. The highest BCUT2D eigenvalue weighted by molar-refractivity contribution is 5.44. The quantitative estimate of drug-likeness (QED) is 0.761. The number of hydrogen-bond donors (Lipinski definition) is 1. The lowest BCUT2D eigenvalue weighted by molar-refractivity contribution is 0.115. The van der Waals surface area contributed by atoms with E-state index in [2.05, 4.69) is 63.1 Å². The molecule has 2 aromatic heterocycles. The van der Waals surface area contributed by atoms with Crippen molar-refractivity contribution in [3.8, 4) is 0 Å². The molecular weight excluding hydrogens is 310 g/mol. The second kappa shape index (κ2) is 7.96. The smallest absolute Gasteiger partial charge is 0.0829 e. The zero-order valence-electron chi connectivity index (χ0n) is 16.1. The summed E-state index contributed by atoms with van der Waals surface area (Å²) in [5, 5.41) is 14.5. The predicted octanol–water partition coefficient (Wildman–Crippen LogP) is 4.63. The highest BCUT2D eigenvalue weighted by Gasteiger charge is 2.29. The van der Waals surface area contributed by atoms with Crippen LogP contribution in [0.2, 0.25) is 0 Å². The molecule has 2 rings (SSSR count). The molecule has 0 fully saturated rings. The summed E-state index contributed by atoms with van der Waals surface area (Å²) in [6, 6.07) is 5.92. The number of nitrogens with zero attached hydrogens (tertiary/aromatic N) is 3. The maximum atomic E-state index is 10.0. The van der Waals surface area contributed by atoms with E-state index in [1.807, 2.05) is 29.1 Å². The topological polar surface area (TPSA) is 50.9 Å². The summed E-state index contributed by atoms with van der Waals surface area (Å²) in [4.78, 5) is 4.33. The molecule has 0 spiro atoms. The van der Waals surface area contributed by atoms with E-state index in [0.29, 0.717) is 5.92 Å². The first-order chi connectivity index (χ1) is 11.8. The van der Waals surface area contributed by atoms with Crippen LogP contribution in [0.4, 0.5) is 0 Å². The molecule has 0 aromatic carbocycles. The number of allylic oxidation sites excluding steroid dienone is 1. The molecule has 136 valence electrons. The Morgan fingerprint density at radius 3 is 2.52 bits per heavy atom. The highest BCUT2D eigenvalue weighted by Crippen LogP contribution is 2.32. The van der Waals surface area contributed by atoms with Crippen LogP contribution in [0.1, 0.15) is 64.6 Å². The molecule has 1 atom stereocenters. The fourth-order valence-corrected chi connectivity index (χ4v) is 2.66. The van der Waals surface area contributed by atoms with E-state index in [9.17, 15) is 5.11 Å². The molecule has 2 aromatic rings. The van der Waals surface area contributed by atoms with Crippen molar-refractivity contribution >= 4 is 6.08 Å². The van der Waals surface area contributed by atoms with Crippen molar-refractivity contribution in [2.24, 2.45) is 5.41 Å². The zero-order chi connectivity index (χ0) is 18.5. The maximum absolute atomic E-state index is 10.0. The minimum atomic E-state index is -0.386. The zero-order valence-corrected chi connectivity index (χ0v) is 16.1. The van der Waals surface area contributed by atoms with Gasteiger partial charge in [-0.2, -0.15) is 5.10 Å². The minimum Gasteiger partial charge on any atom is -0.394 e. The second-order valence-electron chi connectivity index (χ2n) is 8.10. The average molecular weight is 341 g/mol. The summed E-state index contributed by atoms with van der Waals surface area (Å²) in [6.07, 6.45) is 11.9. The monoisotopic (exact) mass is 341 g/mol. The molecule has 0 bridgehead atoms. The van der Waals surface area contributed by atoms with Crippen molar-refractivity contribution in [2.45, 2.75) is 58.9 Å². The lowest BCUT2D eigenvalue weighted by Crippen LogP contribution is -2.35. The first-order valence-electron chi connectivity index (χ1n) is 9.02. The molecular formula is C21H31N3O. The predicted molar refractivity (Wildman–Crippen MR) is 103 cm³/mol. The van der Waals surface area contributed by atoms with Gasteiger partial charge < -0.3 is 5.11 Å². The number of aliphatic hydroxyl groups excluding tert-OH is 1. The third kappa shape index (κ3) is 5.27. The van der Waals surface area contributed by atoms with Crippen molar-refractivity contribution in [3.05, 3.63) is 54.1 Å². The molecule has 2 heterocycles. The molecule has 0 aliphatic heterocycles. The molecule has 0 aliphatic rings. The van der Waals surface area contributed by atoms with Gasteiger partial charge in [-0.1, -0.05) is 39.8 Å². The van der Waals surface area contributed by atoms with Crippen molar-refractivity contribution in [2.75, 3.05) is 6.61 Å². The summed E-state index contributed by atoms with van der Waals surface area (Å²) < 4.78 is 1.93. The lowest BCUT2D eigenvalue weighted by Gasteiger charge is -2.31. The number of pyridine rings is 1. The van der Waals surface area contributed by atoms with E-state index in [1.165, 1.54) is 5.56 Å². The van der Waals surface area contributed by atoms with Crippen LogP contribution < -0.4 is 0 Å². The van der Waals surface area contributed by atoms with Gasteiger partial charge in [0.15, 0.2) is 0 Å². The normalized spacial score (nSPS) is 15.0. The number of rotatable bonds is 8. The van der Waals surface area contributed by atoms with Crippen LogP contribution in [-0.4, -0.2) is 26.5 Å². The molecule has 0 aliphatic carbocycles. The number of aliphatic hydroxyl groups is 1. The molecule has 4 nitrogen and oxygen atoms in total. The Kier molecular flexibility index (Phi) is 6.17. The molecule has 0 saturated carbocycles. The maximum Gasteiger partial charge on any atom is 0.0829 e. The van der Waals surface area contributed by atoms with Crippen molar-refractivity contribution in [3.63, 3.8) is 0 Å². The second-order valence-corrected chi connectivity index (χ2v) is 8.10. The summed E-state index contributed by atoms with van der Waals surface area (Å²) in [5.74, 6) is 0.439. The SMILES string of the molecule is CC(C)c1cnn(C(C)(CO)CCC(C)(C)/C=C/c2ccccn2)c1. The number of hydrogen-bond acceptors (Lipinski definition) is 3. The summed E-state index contributed by atoms with van der Waals surface area (Å²) >= 11 is 0. The van der Waals surface area contributed by atoms with Gasteiger partial charge in [-0.15, -0.1) is 0 Å². The van der Waals surface area contributed by atoms with E-state index in [4.69, 9.17) is 0 Å². The average Bonchev–Trinajstić information content (AvgIpc) is 3.10. The summed E-state index contributed by atoms with van der Waals surface area (Å²) in [6.45, 7) is 10.9. The summed E-state index contributed by atoms with van der Waals surface area (Å²) in [5.41, 5.74) is 1.80. The Morgan fingerprint density at radius 1 is 1.20 bits per heavy atom. The minimum absolute atomic E-state index is 0.0159. The highest BCUT2D eigenvalue weighted by atomic mass is 16.3. The van der Waals surface area contributed by atoms with Crippen LogP contribution in [0.25, 0.3) is 6.08 Å². The van der Waals surface area contributed by atoms with E-state index in [-0.39, 0.29) is 17.6 Å². The molecule has 0 radical (unpaired) electrons. The molecule has 4 heteroatoms. The van der Waals surface area contributed by atoms with E-state index in [1.54, 1.807) is 6.20 Å². The summed E-state index contributed by atoms with van der Waals surface area (Å²) in [7, 11) is 0. The Labute approximate surface area is 151 Å². The van der Waals surface area contributed by atoms with Gasteiger partial charge in [0.05, 0.1) is 24.0 Å². The molecule has 1 unspecified atom stereocenters. The van der Waals surface area contributed by atoms with Crippen LogP contribution in [0.15, 0.2) is 42.9 Å².